The van der Waals surface area contributed by atoms with Crippen LogP contribution in [0, 0.1) is 0 Å². The number of hydrogen-bond donors (Lipinski definition) is 2. The molecule has 0 spiro atoms. The topological polar surface area (TPSA) is 87.7 Å². The third-order valence-corrected chi connectivity index (χ3v) is 4.90. The normalized spacial score (nSPS) is 11.7. The van der Waals surface area contributed by atoms with Crippen molar-refractivity contribution in [2.45, 2.75) is 19.9 Å². The standard InChI is InChI=1S/C20H25N3O4S/c1-3-23(14-18(25)22-20(26)27-4-2)13-17(24)21-19(16-11-8-12-28-16)15-9-6-5-7-10-15/h5-12,19H,3-4,13-14H2,1-2H3,(H,21,24)(H,22,25,26)/t19-/m1/s1. The number of nitrogens with one attached hydrogen (secondary N) is 2. The number of carbonyl (C=O) groups is 3. The van der Waals surface area contributed by atoms with Crippen LogP contribution in [0.5, 0.6) is 0 Å². The van der Waals surface area contributed by atoms with Gasteiger partial charge in [-0.3, -0.25) is 19.8 Å². The van der Waals surface area contributed by atoms with Crippen LogP contribution in [0.25, 0.3) is 0 Å². The van der Waals surface area contributed by atoms with Crippen LogP contribution in [-0.2, 0) is 14.3 Å². The molecule has 0 unspecified atom stereocenters. The molecule has 150 valence electrons. The average molecular weight is 404 g/mol. The van der Waals surface area contributed by atoms with Gasteiger partial charge in [-0.15, -0.1) is 11.3 Å². The zero-order valence-electron chi connectivity index (χ0n) is 16.0. The first-order chi connectivity index (χ1) is 13.5. The van der Waals surface area contributed by atoms with Crippen LogP contribution >= 0.6 is 11.3 Å². The largest absolute Gasteiger partial charge is 0.450 e. The summed E-state index contributed by atoms with van der Waals surface area (Å²) >= 11 is 1.57. The van der Waals surface area contributed by atoms with E-state index in [1.807, 2.05) is 54.8 Å². The van der Waals surface area contributed by atoms with E-state index in [4.69, 9.17) is 0 Å². The van der Waals surface area contributed by atoms with Crippen molar-refractivity contribution in [2.75, 3.05) is 26.2 Å². The number of alkyl carbamates (subject to hydrolysis) is 1. The lowest BCUT2D eigenvalue weighted by atomic mass is 10.1. The summed E-state index contributed by atoms with van der Waals surface area (Å²) in [5, 5.41) is 7.15. The van der Waals surface area contributed by atoms with Crippen LogP contribution < -0.4 is 10.6 Å². The maximum absolute atomic E-state index is 12.6. The van der Waals surface area contributed by atoms with Crippen molar-refractivity contribution in [3.8, 4) is 0 Å². The third-order valence-electron chi connectivity index (χ3n) is 3.96. The average Bonchev–Trinajstić information content (AvgIpc) is 3.20. The molecule has 2 aromatic rings. The molecule has 3 amide bonds. The molecular formula is C20H25N3O4S. The lowest BCUT2D eigenvalue weighted by Gasteiger charge is -2.22. The molecule has 0 fully saturated rings. The molecule has 1 aromatic carbocycles. The Morgan fingerprint density at radius 1 is 1.04 bits per heavy atom. The van der Waals surface area contributed by atoms with Gasteiger partial charge in [0, 0.05) is 4.88 Å². The number of likely N-dealkylation sites (N-methyl/N-ethyl adjacent to an activating group) is 1. The van der Waals surface area contributed by atoms with E-state index in [0.717, 1.165) is 10.4 Å². The van der Waals surface area contributed by atoms with Crippen molar-refractivity contribution in [3.05, 3.63) is 58.3 Å². The maximum Gasteiger partial charge on any atom is 0.413 e. The molecule has 1 aromatic heterocycles. The van der Waals surface area contributed by atoms with Crippen molar-refractivity contribution < 1.29 is 19.1 Å². The minimum atomic E-state index is -0.783. The molecule has 0 aliphatic heterocycles. The van der Waals surface area contributed by atoms with Gasteiger partial charge in [0.15, 0.2) is 0 Å². The van der Waals surface area contributed by atoms with Crippen LogP contribution in [0.3, 0.4) is 0 Å². The summed E-state index contributed by atoms with van der Waals surface area (Å²) in [6.07, 6.45) is -0.783. The Balaban J connectivity index is 1.97. The highest BCUT2D eigenvalue weighted by molar-refractivity contribution is 7.10. The fourth-order valence-electron chi connectivity index (χ4n) is 2.63. The number of carbonyl (C=O) groups excluding carboxylic acids is 3. The number of rotatable bonds is 9. The van der Waals surface area contributed by atoms with Gasteiger partial charge in [-0.2, -0.15) is 0 Å². The van der Waals surface area contributed by atoms with E-state index >= 15 is 0 Å². The Morgan fingerprint density at radius 2 is 1.75 bits per heavy atom. The van der Waals surface area contributed by atoms with Gasteiger partial charge in [0.1, 0.15) is 0 Å². The zero-order chi connectivity index (χ0) is 20.4. The highest BCUT2D eigenvalue weighted by Crippen LogP contribution is 2.25. The van der Waals surface area contributed by atoms with Crippen LogP contribution in [-0.4, -0.2) is 49.0 Å². The van der Waals surface area contributed by atoms with Crippen molar-refractivity contribution in [3.63, 3.8) is 0 Å². The highest BCUT2D eigenvalue weighted by Gasteiger charge is 2.20. The lowest BCUT2D eigenvalue weighted by Crippen LogP contribution is -2.44. The molecule has 8 heteroatoms. The molecule has 0 saturated carbocycles. The van der Waals surface area contributed by atoms with Crippen molar-refractivity contribution in [1.82, 2.24) is 15.5 Å². The first-order valence-corrected chi connectivity index (χ1v) is 9.98. The van der Waals surface area contributed by atoms with Gasteiger partial charge in [0.05, 0.1) is 25.7 Å². The number of benzene rings is 1. The molecule has 0 aliphatic rings. The summed E-state index contributed by atoms with van der Waals surface area (Å²) in [5.74, 6) is -0.709. The quantitative estimate of drug-likeness (QED) is 0.672. The number of imide groups is 1. The van der Waals surface area contributed by atoms with Gasteiger partial charge in [-0.25, -0.2) is 4.79 Å². The third kappa shape index (κ3) is 6.79. The van der Waals surface area contributed by atoms with E-state index in [0.29, 0.717) is 6.54 Å². The number of nitrogens with zero attached hydrogens (tertiary/aromatic N) is 1. The second kappa shape index (κ2) is 11.2. The molecule has 0 aliphatic carbocycles. The van der Waals surface area contributed by atoms with Gasteiger partial charge >= 0.3 is 6.09 Å². The molecule has 1 atom stereocenters. The van der Waals surface area contributed by atoms with Crippen LogP contribution in [0.1, 0.15) is 30.3 Å². The number of hydrogen-bond acceptors (Lipinski definition) is 6. The Bertz CT molecular complexity index is 765. The first-order valence-electron chi connectivity index (χ1n) is 9.10. The Morgan fingerprint density at radius 3 is 2.36 bits per heavy atom. The monoisotopic (exact) mass is 403 g/mol. The molecule has 7 nitrogen and oxygen atoms in total. The zero-order valence-corrected chi connectivity index (χ0v) is 16.8. The van der Waals surface area contributed by atoms with Crippen molar-refractivity contribution >= 4 is 29.2 Å². The van der Waals surface area contributed by atoms with E-state index in [9.17, 15) is 14.4 Å². The lowest BCUT2D eigenvalue weighted by molar-refractivity contribution is -0.125. The minimum Gasteiger partial charge on any atom is -0.450 e. The van der Waals surface area contributed by atoms with Crippen LogP contribution in [0.2, 0.25) is 0 Å². The summed E-state index contributed by atoms with van der Waals surface area (Å²) in [6.45, 7) is 4.14. The predicted octanol–water partition coefficient (Wildman–Crippen LogP) is 2.55. The van der Waals surface area contributed by atoms with Crippen molar-refractivity contribution in [2.24, 2.45) is 0 Å². The summed E-state index contributed by atoms with van der Waals surface area (Å²) < 4.78 is 4.68. The van der Waals surface area contributed by atoms with Crippen LogP contribution in [0.4, 0.5) is 4.79 Å². The fraction of sp³-hybridized carbons (Fsp3) is 0.350. The molecule has 0 radical (unpaired) electrons. The minimum absolute atomic E-state index is 0.0431. The smallest absolute Gasteiger partial charge is 0.413 e. The Labute approximate surface area is 168 Å². The first kappa shape index (κ1) is 21.6. The Hall–Kier alpha value is -2.71. The SMILES string of the molecule is CCOC(=O)NC(=O)CN(CC)CC(=O)N[C@H](c1ccccc1)c1cccs1. The van der Waals surface area contributed by atoms with Gasteiger partial charge in [-0.05, 0) is 30.5 Å². The number of ether oxygens (including phenoxy) is 1. The van der Waals surface area contributed by atoms with Crippen molar-refractivity contribution in [1.29, 1.82) is 0 Å². The highest BCUT2D eigenvalue weighted by atomic mass is 32.1. The number of amides is 3. The molecular weight excluding hydrogens is 378 g/mol. The summed E-state index contributed by atoms with van der Waals surface area (Å²) in [5.41, 5.74) is 0.987. The fourth-order valence-corrected chi connectivity index (χ4v) is 3.44. The van der Waals surface area contributed by atoms with E-state index in [-0.39, 0.29) is 31.6 Å². The van der Waals surface area contributed by atoms with Gasteiger partial charge < -0.3 is 10.1 Å². The maximum atomic E-state index is 12.6. The van der Waals surface area contributed by atoms with E-state index in [1.54, 1.807) is 23.2 Å². The Kier molecular flexibility index (Phi) is 8.64. The molecule has 1 heterocycles. The molecule has 28 heavy (non-hydrogen) atoms. The molecule has 0 bridgehead atoms. The van der Waals surface area contributed by atoms with Crippen LogP contribution in [0.15, 0.2) is 47.8 Å². The molecule has 2 rings (SSSR count). The van der Waals surface area contributed by atoms with Gasteiger partial charge in [0.2, 0.25) is 11.8 Å². The second-order valence-corrected chi connectivity index (χ2v) is 6.98. The predicted molar refractivity (Wildman–Crippen MR) is 108 cm³/mol. The van der Waals surface area contributed by atoms with E-state index in [1.165, 1.54) is 0 Å². The van der Waals surface area contributed by atoms with E-state index in [2.05, 4.69) is 15.4 Å². The number of thiophene rings is 1. The van der Waals surface area contributed by atoms with Gasteiger partial charge in [-0.1, -0.05) is 43.3 Å². The summed E-state index contributed by atoms with van der Waals surface area (Å²) in [7, 11) is 0. The van der Waals surface area contributed by atoms with E-state index < -0.39 is 12.0 Å². The molecule has 0 saturated heterocycles. The second-order valence-electron chi connectivity index (χ2n) is 6.00. The molecule has 2 N–H and O–H groups in total. The summed E-state index contributed by atoms with van der Waals surface area (Å²) in [6, 6.07) is 13.4. The van der Waals surface area contributed by atoms with Gasteiger partial charge in [0.25, 0.3) is 0 Å². The summed E-state index contributed by atoms with van der Waals surface area (Å²) in [4.78, 5) is 38.6.